The molecule has 1 heteroatoms. The Bertz CT molecular complexity index is 415. The van der Waals surface area contributed by atoms with Crippen molar-refractivity contribution in [2.75, 3.05) is 0 Å². The molecule has 18 heavy (non-hydrogen) atoms. The minimum atomic E-state index is 0.00280. The van der Waals surface area contributed by atoms with E-state index < -0.39 is 0 Å². The van der Waals surface area contributed by atoms with E-state index in [-0.39, 0.29) is 6.04 Å². The minimum absolute atomic E-state index is 0.00280. The van der Waals surface area contributed by atoms with Crippen LogP contribution in [0.2, 0.25) is 0 Å². The fraction of sp³-hybridized carbons (Fsp3) is 0.529. The van der Waals surface area contributed by atoms with Crippen LogP contribution >= 0.6 is 0 Å². The van der Waals surface area contributed by atoms with E-state index in [2.05, 4.69) is 43.0 Å². The van der Waals surface area contributed by atoms with Crippen LogP contribution in [-0.2, 0) is 0 Å². The maximum absolute atomic E-state index is 5.79. The van der Waals surface area contributed by atoms with Gasteiger partial charge in [0.05, 0.1) is 6.04 Å². The zero-order valence-electron chi connectivity index (χ0n) is 11.3. The van der Waals surface area contributed by atoms with Crippen molar-refractivity contribution in [3.63, 3.8) is 0 Å². The van der Waals surface area contributed by atoms with Gasteiger partial charge in [0, 0.05) is 5.56 Å². The van der Waals surface area contributed by atoms with Gasteiger partial charge < -0.3 is 5.73 Å². The molecule has 0 aromatic heterocycles. The Morgan fingerprint density at radius 3 is 2.44 bits per heavy atom. The third kappa shape index (κ3) is 3.62. The molecule has 2 rings (SSSR count). The summed E-state index contributed by atoms with van der Waals surface area (Å²) in [7, 11) is 0. The third-order valence-electron chi connectivity index (χ3n) is 3.83. The Morgan fingerprint density at radius 1 is 1.17 bits per heavy atom. The van der Waals surface area contributed by atoms with E-state index in [1.165, 1.54) is 37.7 Å². The van der Waals surface area contributed by atoms with E-state index in [4.69, 9.17) is 5.73 Å². The van der Waals surface area contributed by atoms with Gasteiger partial charge >= 0.3 is 0 Å². The molecular formula is C17H23N. The fourth-order valence-electron chi connectivity index (χ4n) is 2.55. The highest BCUT2D eigenvalue weighted by Crippen LogP contribution is 2.32. The van der Waals surface area contributed by atoms with Gasteiger partial charge in [-0.25, -0.2) is 0 Å². The topological polar surface area (TPSA) is 26.0 Å². The quantitative estimate of drug-likeness (QED) is 0.783. The summed E-state index contributed by atoms with van der Waals surface area (Å²) in [5, 5.41) is 0. The Kier molecular flexibility index (Phi) is 4.84. The van der Waals surface area contributed by atoms with Gasteiger partial charge in [-0.1, -0.05) is 50.2 Å². The second-order valence-electron chi connectivity index (χ2n) is 5.24. The molecule has 96 valence electrons. The number of nitrogens with two attached hydrogens (primary N) is 1. The average Bonchev–Trinajstić information content (AvgIpc) is 2.46. The molecule has 1 nitrogen and oxygen atoms in total. The lowest BCUT2D eigenvalue weighted by atomic mass is 9.84. The van der Waals surface area contributed by atoms with Crippen molar-refractivity contribution >= 4 is 0 Å². The summed E-state index contributed by atoms with van der Waals surface area (Å²) >= 11 is 0. The standard InChI is InChI=1S/C17H23N/c1-2-17(18)13-10-14-8-11-16(12-9-14)15-6-4-3-5-7-15/h8-9,11-12,15,17H,2-7,18H2,1H3. The summed E-state index contributed by atoms with van der Waals surface area (Å²) in [4.78, 5) is 0. The lowest BCUT2D eigenvalue weighted by Gasteiger charge is -2.21. The summed E-state index contributed by atoms with van der Waals surface area (Å²) in [6.07, 6.45) is 7.80. The van der Waals surface area contributed by atoms with Crippen LogP contribution in [0, 0.1) is 11.8 Å². The largest absolute Gasteiger partial charge is 0.318 e. The van der Waals surface area contributed by atoms with Crippen LogP contribution in [0.5, 0.6) is 0 Å². The van der Waals surface area contributed by atoms with E-state index in [0.717, 1.165) is 17.9 Å². The molecule has 0 radical (unpaired) electrons. The highest BCUT2D eigenvalue weighted by molar-refractivity contribution is 5.37. The molecule has 0 bridgehead atoms. The predicted molar refractivity (Wildman–Crippen MR) is 77.4 cm³/mol. The highest BCUT2D eigenvalue weighted by atomic mass is 14.6. The first-order valence-electron chi connectivity index (χ1n) is 7.16. The SMILES string of the molecule is CCC(N)C#Cc1ccc(C2CCCCC2)cc1. The molecule has 0 amide bonds. The minimum Gasteiger partial charge on any atom is -0.318 e. The first-order chi connectivity index (χ1) is 8.79. The van der Waals surface area contributed by atoms with E-state index in [1.54, 1.807) is 0 Å². The van der Waals surface area contributed by atoms with Crippen LogP contribution in [0.25, 0.3) is 0 Å². The molecule has 1 unspecified atom stereocenters. The Morgan fingerprint density at radius 2 is 1.83 bits per heavy atom. The Labute approximate surface area is 111 Å². The van der Waals surface area contributed by atoms with E-state index in [9.17, 15) is 0 Å². The van der Waals surface area contributed by atoms with Gasteiger partial charge in [0.1, 0.15) is 0 Å². The average molecular weight is 241 g/mol. The molecule has 0 aliphatic heterocycles. The molecule has 0 spiro atoms. The summed E-state index contributed by atoms with van der Waals surface area (Å²) in [6.45, 7) is 2.06. The molecular weight excluding hydrogens is 218 g/mol. The van der Waals surface area contributed by atoms with E-state index in [1.807, 2.05) is 0 Å². The second-order valence-corrected chi connectivity index (χ2v) is 5.24. The summed E-state index contributed by atoms with van der Waals surface area (Å²) in [5.74, 6) is 7.00. The van der Waals surface area contributed by atoms with Crippen LogP contribution in [0.3, 0.4) is 0 Å². The van der Waals surface area contributed by atoms with Crippen LogP contribution in [0.1, 0.15) is 62.5 Å². The fourth-order valence-corrected chi connectivity index (χ4v) is 2.55. The summed E-state index contributed by atoms with van der Waals surface area (Å²) in [5.41, 5.74) is 8.36. The van der Waals surface area contributed by atoms with Crippen molar-refractivity contribution in [3.05, 3.63) is 35.4 Å². The monoisotopic (exact) mass is 241 g/mol. The first-order valence-corrected chi connectivity index (χ1v) is 7.16. The van der Waals surface area contributed by atoms with Crippen LogP contribution in [0.4, 0.5) is 0 Å². The molecule has 0 saturated heterocycles. The van der Waals surface area contributed by atoms with Gasteiger partial charge in [0.2, 0.25) is 0 Å². The molecule has 1 atom stereocenters. The summed E-state index contributed by atoms with van der Waals surface area (Å²) < 4.78 is 0. The van der Waals surface area contributed by atoms with Crippen molar-refractivity contribution < 1.29 is 0 Å². The van der Waals surface area contributed by atoms with Gasteiger partial charge in [-0.2, -0.15) is 0 Å². The van der Waals surface area contributed by atoms with Crippen molar-refractivity contribution in [2.45, 2.75) is 57.4 Å². The Balaban J connectivity index is 2.02. The third-order valence-corrected chi connectivity index (χ3v) is 3.83. The lowest BCUT2D eigenvalue weighted by Crippen LogP contribution is -2.15. The van der Waals surface area contributed by atoms with Crippen molar-refractivity contribution in [1.29, 1.82) is 0 Å². The van der Waals surface area contributed by atoms with Crippen molar-refractivity contribution in [3.8, 4) is 11.8 Å². The van der Waals surface area contributed by atoms with Crippen molar-refractivity contribution in [1.82, 2.24) is 0 Å². The lowest BCUT2D eigenvalue weighted by molar-refractivity contribution is 0.443. The number of benzene rings is 1. The molecule has 1 aromatic carbocycles. The number of hydrogen-bond donors (Lipinski definition) is 1. The molecule has 1 saturated carbocycles. The van der Waals surface area contributed by atoms with Crippen molar-refractivity contribution in [2.24, 2.45) is 5.73 Å². The van der Waals surface area contributed by atoms with Gasteiger partial charge in [-0.05, 0) is 42.9 Å². The molecule has 1 fully saturated rings. The number of rotatable bonds is 2. The zero-order valence-corrected chi connectivity index (χ0v) is 11.3. The normalized spacial score (nSPS) is 17.9. The molecule has 1 aromatic rings. The zero-order chi connectivity index (χ0) is 12.8. The predicted octanol–water partition coefficient (Wildman–Crippen LogP) is 3.82. The first kappa shape index (κ1) is 13.2. The van der Waals surface area contributed by atoms with Gasteiger partial charge in [0.15, 0.2) is 0 Å². The molecule has 0 heterocycles. The molecule has 1 aliphatic rings. The summed E-state index contributed by atoms with van der Waals surface area (Å²) in [6, 6.07) is 8.77. The van der Waals surface area contributed by atoms with E-state index in [0.29, 0.717) is 0 Å². The number of hydrogen-bond acceptors (Lipinski definition) is 1. The molecule has 2 N–H and O–H groups in total. The smallest absolute Gasteiger partial charge is 0.0665 e. The Hall–Kier alpha value is -1.26. The second kappa shape index (κ2) is 6.61. The van der Waals surface area contributed by atoms with Gasteiger partial charge in [-0.15, -0.1) is 0 Å². The van der Waals surface area contributed by atoms with Crippen LogP contribution < -0.4 is 5.73 Å². The maximum Gasteiger partial charge on any atom is 0.0665 e. The van der Waals surface area contributed by atoms with Crippen LogP contribution in [0.15, 0.2) is 24.3 Å². The van der Waals surface area contributed by atoms with Gasteiger partial charge in [-0.3, -0.25) is 0 Å². The van der Waals surface area contributed by atoms with Gasteiger partial charge in [0.25, 0.3) is 0 Å². The molecule has 1 aliphatic carbocycles. The maximum atomic E-state index is 5.79. The van der Waals surface area contributed by atoms with Crippen LogP contribution in [-0.4, -0.2) is 6.04 Å². The van der Waals surface area contributed by atoms with E-state index >= 15 is 0 Å². The highest BCUT2D eigenvalue weighted by Gasteiger charge is 2.14.